The van der Waals surface area contributed by atoms with Gasteiger partial charge in [-0.15, -0.1) is 9.35 Å². The molecule has 12 nitrogen and oxygen atoms in total. The molecule has 0 aromatic heterocycles. The van der Waals surface area contributed by atoms with E-state index in [1.807, 2.05) is 0 Å². The van der Waals surface area contributed by atoms with Crippen LogP contribution >= 0.6 is 7.60 Å². The van der Waals surface area contributed by atoms with Gasteiger partial charge in [0.15, 0.2) is 0 Å². The van der Waals surface area contributed by atoms with Gasteiger partial charge < -0.3 is 14.2 Å². The van der Waals surface area contributed by atoms with E-state index < -0.39 is 31.8 Å². The molecule has 0 aliphatic rings. The fraction of sp³-hybridized carbons (Fsp3) is 0.400. The molecule has 0 unspecified atom stereocenters. The van der Waals surface area contributed by atoms with Gasteiger partial charge in [-0.25, -0.2) is 19.4 Å². The molecule has 0 spiro atoms. The van der Waals surface area contributed by atoms with E-state index in [-0.39, 0.29) is 39.6 Å². The van der Waals surface area contributed by atoms with Crippen molar-refractivity contribution in [3.8, 4) is 0 Å². The SMILES string of the molecule is CCOC(=O)CNCP(=O)(OOCc1ccc(C(=O)OCC)cc1)OOCc1ccc(C(=O)OCC)cc1. The molecular formula is C25H32NO11P. The molecule has 2 aromatic carbocycles. The lowest BCUT2D eigenvalue weighted by atomic mass is 10.1. The number of carbonyl (C=O) groups is 3. The number of rotatable bonds is 17. The van der Waals surface area contributed by atoms with Crippen molar-refractivity contribution in [1.82, 2.24) is 5.32 Å². The molecule has 0 heterocycles. The number of ether oxygens (including phenoxy) is 3. The van der Waals surface area contributed by atoms with Crippen molar-refractivity contribution in [2.75, 3.05) is 32.7 Å². The number of nitrogens with one attached hydrogen (secondary N) is 1. The molecule has 0 aliphatic heterocycles. The van der Waals surface area contributed by atoms with Crippen molar-refractivity contribution in [1.29, 1.82) is 0 Å². The van der Waals surface area contributed by atoms with Gasteiger partial charge in [0.2, 0.25) is 0 Å². The maximum Gasteiger partial charge on any atom is 0.397 e. The van der Waals surface area contributed by atoms with Gasteiger partial charge in [-0.1, -0.05) is 24.3 Å². The second-order valence-corrected chi connectivity index (χ2v) is 9.35. The maximum atomic E-state index is 13.1. The highest BCUT2D eigenvalue weighted by molar-refractivity contribution is 7.53. The molecule has 0 atom stereocenters. The average Bonchev–Trinajstić information content (AvgIpc) is 2.90. The topological polar surface area (TPSA) is 145 Å². The molecule has 0 bridgehead atoms. The molecule has 208 valence electrons. The Morgan fingerprint density at radius 2 is 1.11 bits per heavy atom. The van der Waals surface area contributed by atoms with E-state index in [0.29, 0.717) is 22.3 Å². The summed E-state index contributed by atoms with van der Waals surface area (Å²) in [6, 6.07) is 12.7. The minimum atomic E-state index is -4.05. The van der Waals surface area contributed by atoms with Gasteiger partial charge in [-0.3, -0.25) is 14.7 Å². The molecule has 0 saturated heterocycles. The van der Waals surface area contributed by atoms with Crippen LogP contribution < -0.4 is 5.32 Å². The van der Waals surface area contributed by atoms with E-state index in [1.54, 1.807) is 69.3 Å². The number of hydrogen-bond donors (Lipinski definition) is 1. The second-order valence-electron chi connectivity index (χ2n) is 7.51. The third-order valence-electron chi connectivity index (χ3n) is 4.59. The summed E-state index contributed by atoms with van der Waals surface area (Å²) in [4.78, 5) is 45.3. The number of hydrogen-bond acceptors (Lipinski definition) is 12. The Labute approximate surface area is 220 Å². The fourth-order valence-electron chi connectivity index (χ4n) is 2.82. The molecule has 0 amide bonds. The van der Waals surface area contributed by atoms with Crippen molar-refractivity contribution in [3.05, 3.63) is 70.8 Å². The van der Waals surface area contributed by atoms with Crippen LogP contribution in [0.4, 0.5) is 0 Å². The lowest BCUT2D eigenvalue weighted by Gasteiger charge is -2.17. The summed E-state index contributed by atoms with van der Waals surface area (Å²) in [5.74, 6) is -1.45. The Bertz CT molecular complexity index is 1000. The maximum absolute atomic E-state index is 13.1. The summed E-state index contributed by atoms with van der Waals surface area (Å²) in [6.45, 7) is 5.32. The second kappa shape index (κ2) is 16.7. The molecule has 0 saturated carbocycles. The van der Waals surface area contributed by atoms with E-state index in [4.69, 9.17) is 33.3 Å². The number of benzene rings is 2. The van der Waals surface area contributed by atoms with Gasteiger partial charge >= 0.3 is 25.5 Å². The molecule has 0 aliphatic carbocycles. The summed E-state index contributed by atoms with van der Waals surface area (Å²) in [6.07, 6.45) is -0.421. The van der Waals surface area contributed by atoms with Crippen molar-refractivity contribution in [2.45, 2.75) is 34.0 Å². The molecule has 2 aromatic rings. The standard InChI is InChI=1S/C25H32NO11P/c1-4-31-23(27)15-26-18-38(30,36-34-16-19-7-11-21(12-8-19)24(28)32-5-2)37-35-17-20-9-13-22(14-10-20)25(29)33-6-3/h7-14,26H,4-6,15-18H2,1-3H3. The van der Waals surface area contributed by atoms with Crippen LogP contribution in [0.3, 0.4) is 0 Å². The van der Waals surface area contributed by atoms with E-state index in [0.717, 1.165) is 0 Å². The van der Waals surface area contributed by atoms with Crippen LogP contribution in [-0.2, 0) is 55.9 Å². The fourth-order valence-corrected chi connectivity index (χ4v) is 3.77. The zero-order chi connectivity index (χ0) is 27.8. The Morgan fingerprint density at radius 1 is 0.684 bits per heavy atom. The van der Waals surface area contributed by atoms with Crippen LogP contribution in [0.25, 0.3) is 0 Å². The molecule has 0 fully saturated rings. The Hall–Kier alpha value is -3.12. The number of esters is 3. The molecular weight excluding hydrogens is 521 g/mol. The zero-order valence-electron chi connectivity index (χ0n) is 21.5. The van der Waals surface area contributed by atoms with Crippen LogP contribution in [0.5, 0.6) is 0 Å². The average molecular weight is 554 g/mol. The highest BCUT2D eigenvalue weighted by Gasteiger charge is 2.28. The third-order valence-corrected chi connectivity index (χ3v) is 5.87. The predicted molar refractivity (Wildman–Crippen MR) is 134 cm³/mol. The van der Waals surface area contributed by atoms with Crippen molar-refractivity contribution in [3.63, 3.8) is 0 Å². The normalized spacial score (nSPS) is 11.1. The molecule has 2 rings (SSSR count). The van der Waals surface area contributed by atoms with E-state index in [9.17, 15) is 18.9 Å². The Kier molecular flexibility index (Phi) is 13.6. The Balaban J connectivity index is 1.93. The predicted octanol–water partition coefficient (Wildman–Crippen LogP) is 3.94. The smallest absolute Gasteiger partial charge is 0.397 e. The van der Waals surface area contributed by atoms with Crippen molar-refractivity contribution >= 4 is 25.5 Å². The highest BCUT2D eigenvalue weighted by atomic mass is 31.2. The van der Waals surface area contributed by atoms with E-state index >= 15 is 0 Å². The van der Waals surface area contributed by atoms with Gasteiger partial charge in [0.1, 0.15) is 19.5 Å². The quantitative estimate of drug-likeness (QED) is 0.0996. The first-order valence-corrected chi connectivity index (χ1v) is 13.6. The van der Waals surface area contributed by atoms with Crippen LogP contribution in [-0.4, -0.2) is 50.6 Å². The highest BCUT2D eigenvalue weighted by Crippen LogP contribution is 2.47. The van der Waals surface area contributed by atoms with Crippen molar-refractivity contribution in [2.24, 2.45) is 0 Å². The lowest BCUT2D eigenvalue weighted by Crippen LogP contribution is -2.26. The van der Waals surface area contributed by atoms with Gasteiger partial charge in [-0.2, -0.15) is 0 Å². The third kappa shape index (κ3) is 11.1. The largest absolute Gasteiger partial charge is 0.465 e. The minimum Gasteiger partial charge on any atom is -0.465 e. The summed E-state index contributed by atoms with van der Waals surface area (Å²) in [7, 11) is -4.05. The van der Waals surface area contributed by atoms with E-state index in [1.165, 1.54) is 0 Å². The Morgan fingerprint density at radius 3 is 1.50 bits per heavy atom. The van der Waals surface area contributed by atoms with Crippen LogP contribution in [0, 0.1) is 0 Å². The molecule has 1 N–H and O–H groups in total. The van der Waals surface area contributed by atoms with Gasteiger partial charge in [0.25, 0.3) is 0 Å². The molecule has 13 heteroatoms. The van der Waals surface area contributed by atoms with Gasteiger partial charge in [0, 0.05) is 0 Å². The molecule has 0 radical (unpaired) electrons. The summed E-state index contributed by atoms with van der Waals surface area (Å²) < 4.78 is 37.9. The minimum absolute atomic E-state index is 0.121. The monoisotopic (exact) mass is 553 g/mol. The van der Waals surface area contributed by atoms with Gasteiger partial charge in [0.05, 0.1) is 37.5 Å². The lowest BCUT2D eigenvalue weighted by molar-refractivity contribution is -0.277. The molecule has 38 heavy (non-hydrogen) atoms. The summed E-state index contributed by atoms with van der Waals surface area (Å²) >= 11 is 0. The zero-order valence-corrected chi connectivity index (χ0v) is 22.4. The van der Waals surface area contributed by atoms with E-state index in [2.05, 4.69) is 5.32 Å². The first-order valence-electron chi connectivity index (χ1n) is 11.9. The summed E-state index contributed by atoms with van der Waals surface area (Å²) in [5, 5.41) is 2.62. The van der Waals surface area contributed by atoms with Crippen LogP contribution in [0.1, 0.15) is 52.6 Å². The first kappa shape index (κ1) is 31.1. The van der Waals surface area contributed by atoms with Gasteiger partial charge in [-0.05, 0) is 56.2 Å². The van der Waals surface area contributed by atoms with Crippen LogP contribution in [0.15, 0.2) is 48.5 Å². The van der Waals surface area contributed by atoms with Crippen molar-refractivity contribution < 1.29 is 52.3 Å². The van der Waals surface area contributed by atoms with Crippen LogP contribution in [0.2, 0.25) is 0 Å². The number of carbonyl (C=O) groups excluding carboxylic acids is 3. The first-order chi connectivity index (χ1) is 18.3. The summed E-state index contributed by atoms with van der Waals surface area (Å²) in [5.41, 5.74) is 1.98.